The summed E-state index contributed by atoms with van der Waals surface area (Å²) in [5, 5.41) is 3.26. The Bertz CT molecular complexity index is 731. The standard InChI is InChI=1S/C16H17ClN4O4/c1-21(9-14(22)18-12-6-4-11(17)5-7-12)10-15(23)19-20-16(24)13-3-2-8-25-13/h2-8H,9-10H2,1H3,(H,18,22)(H,19,23)(H,20,24). The summed E-state index contributed by atoms with van der Waals surface area (Å²) in [6.45, 7) is -0.0748. The number of nitrogens with zero attached hydrogens (tertiary/aromatic N) is 1. The number of furan rings is 1. The number of halogens is 1. The van der Waals surface area contributed by atoms with Crippen molar-refractivity contribution in [3.8, 4) is 0 Å². The number of anilines is 1. The Morgan fingerprint density at radius 2 is 1.72 bits per heavy atom. The van der Waals surface area contributed by atoms with Gasteiger partial charge in [-0.1, -0.05) is 11.6 Å². The van der Waals surface area contributed by atoms with Crippen LogP contribution in [0.2, 0.25) is 5.02 Å². The Morgan fingerprint density at radius 3 is 2.36 bits per heavy atom. The molecule has 0 spiro atoms. The van der Waals surface area contributed by atoms with Crippen molar-refractivity contribution in [1.82, 2.24) is 15.8 Å². The fourth-order valence-corrected chi connectivity index (χ4v) is 2.04. The van der Waals surface area contributed by atoms with Crippen molar-refractivity contribution in [2.75, 3.05) is 25.5 Å². The van der Waals surface area contributed by atoms with Crippen molar-refractivity contribution in [2.24, 2.45) is 0 Å². The van der Waals surface area contributed by atoms with E-state index in [9.17, 15) is 14.4 Å². The van der Waals surface area contributed by atoms with E-state index in [1.807, 2.05) is 0 Å². The van der Waals surface area contributed by atoms with Crippen LogP contribution in [0.25, 0.3) is 0 Å². The third kappa shape index (κ3) is 6.28. The van der Waals surface area contributed by atoms with Crippen molar-refractivity contribution < 1.29 is 18.8 Å². The van der Waals surface area contributed by atoms with Gasteiger partial charge in [0.15, 0.2) is 5.76 Å². The van der Waals surface area contributed by atoms with Crippen LogP contribution in [0.4, 0.5) is 5.69 Å². The second-order valence-corrected chi connectivity index (χ2v) is 5.64. The fraction of sp³-hybridized carbons (Fsp3) is 0.188. The van der Waals surface area contributed by atoms with Crippen LogP contribution >= 0.6 is 11.6 Å². The largest absolute Gasteiger partial charge is 0.459 e. The predicted octanol–water partition coefficient (Wildman–Crippen LogP) is 1.26. The first-order chi connectivity index (χ1) is 11.9. The number of amides is 3. The molecule has 8 nitrogen and oxygen atoms in total. The number of hydrogen-bond acceptors (Lipinski definition) is 5. The highest BCUT2D eigenvalue weighted by Gasteiger charge is 2.13. The average Bonchev–Trinajstić information content (AvgIpc) is 3.09. The zero-order valence-electron chi connectivity index (χ0n) is 13.4. The van der Waals surface area contributed by atoms with E-state index in [4.69, 9.17) is 16.0 Å². The van der Waals surface area contributed by atoms with Gasteiger partial charge in [-0.2, -0.15) is 0 Å². The third-order valence-corrected chi connectivity index (χ3v) is 3.27. The molecular weight excluding hydrogens is 348 g/mol. The molecule has 0 aliphatic carbocycles. The summed E-state index contributed by atoms with van der Waals surface area (Å²) in [4.78, 5) is 36.8. The molecule has 9 heteroatoms. The zero-order chi connectivity index (χ0) is 18.2. The lowest BCUT2D eigenvalue weighted by Gasteiger charge is -2.16. The Morgan fingerprint density at radius 1 is 1.04 bits per heavy atom. The van der Waals surface area contributed by atoms with Crippen LogP contribution < -0.4 is 16.2 Å². The van der Waals surface area contributed by atoms with Crippen LogP contribution in [0.15, 0.2) is 47.1 Å². The smallest absolute Gasteiger partial charge is 0.305 e. The molecule has 0 saturated carbocycles. The van der Waals surface area contributed by atoms with Gasteiger partial charge in [0.25, 0.3) is 5.91 Å². The van der Waals surface area contributed by atoms with Crippen LogP contribution in [-0.2, 0) is 9.59 Å². The van der Waals surface area contributed by atoms with Crippen molar-refractivity contribution in [2.45, 2.75) is 0 Å². The quantitative estimate of drug-likeness (QED) is 0.669. The van der Waals surface area contributed by atoms with E-state index in [-0.39, 0.29) is 24.8 Å². The monoisotopic (exact) mass is 364 g/mol. The van der Waals surface area contributed by atoms with Gasteiger partial charge < -0.3 is 9.73 Å². The minimum atomic E-state index is -0.568. The molecule has 1 aromatic carbocycles. The number of carbonyl (C=O) groups is 3. The minimum Gasteiger partial charge on any atom is -0.459 e. The predicted molar refractivity (Wildman–Crippen MR) is 91.9 cm³/mol. The highest BCUT2D eigenvalue weighted by atomic mass is 35.5. The molecule has 2 rings (SSSR count). The summed E-state index contributed by atoms with van der Waals surface area (Å²) in [5.41, 5.74) is 5.07. The fourth-order valence-electron chi connectivity index (χ4n) is 1.92. The molecule has 0 aliphatic rings. The molecule has 0 radical (unpaired) electrons. The van der Waals surface area contributed by atoms with Crippen LogP contribution in [0.5, 0.6) is 0 Å². The van der Waals surface area contributed by atoms with Crippen molar-refractivity contribution in [1.29, 1.82) is 0 Å². The molecule has 2 aromatic rings. The number of hydrogen-bond donors (Lipinski definition) is 3. The summed E-state index contributed by atoms with van der Waals surface area (Å²) in [7, 11) is 1.61. The maximum Gasteiger partial charge on any atom is 0.305 e. The molecule has 132 valence electrons. The van der Waals surface area contributed by atoms with E-state index < -0.39 is 11.8 Å². The number of likely N-dealkylation sites (N-methyl/N-ethyl adjacent to an activating group) is 1. The maximum absolute atomic E-state index is 11.9. The molecule has 0 saturated heterocycles. The van der Waals surface area contributed by atoms with Gasteiger partial charge >= 0.3 is 5.91 Å². The third-order valence-electron chi connectivity index (χ3n) is 3.02. The van der Waals surface area contributed by atoms with Crippen molar-refractivity contribution in [3.05, 3.63) is 53.4 Å². The Kier molecular flexibility index (Phi) is 6.55. The summed E-state index contributed by atoms with van der Waals surface area (Å²) in [6.07, 6.45) is 1.35. The van der Waals surface area contributed by atoms with E-state index in [0.717, 1.165) is 0 Å². The number of benzene rings is 1. The number of carbonyl (C=O) groups excluding carboxylic acids is 3. The molecule has 0 fully saturated rings. The Labute approximate surface area is 149 Å². The Balaban J connectivity index is 1.70. The average molecular weight is 365 g/mol. The molecule has 3 N–H and O–H groups in total. The molecule has 1 heterocycles. The van der Waals surface area contributed by atoms with Gasteiger partial charge in [0.05, 0.1) is 19.4 Å². The van der Waals surface area contributed by atoms with Crippen LogP contribution in [0.3, 0.4) is 0 Å². The summed E-state index contributed by atoms with van der Waals surface area (Å²) in [6, 6.07) is 9.71. The number of rotatable bonds is 6. The SMILES string of the molecule is CN(CC(=O)NNC(=O)c1ccco1)CC(=O)Nc1ccc(Cl)cc1. The Hall–Kier alpha value is -2.84. The van der Waals surface area contributed by atoms with E-state index in [1.54, 1.807) is 37.4 Å². The maximum atomic E-state index is 11.9. The van der Waals surface area contributed by atoms with Crippen LogP contribution in [0.1, 0.15) is 10.6 Å². The van der Waals surface area contributed by atoms with Gasteiger partial charge in [0.1, 0.15) is 0 Å². The lowest BCUT2D eigenvalue weighted by Crippen LogP contribution is -2.46. The second-order valence-electron chi connectivity index (χ2n) is 5.21. The second kappa shape index (κ2) is 8.86. The number of hydrazine groups is 1. The van der Waals surface area contributed by atoms with Gasteiger partial charge in [-0.3, -0.25) is 30.1 Å². The van der Waals surface area contributed by atoms with Crippen LogP contribution in [0, 0.1) is 0 Å². The van der Waals surface area contributed by atoms with Crippen molar-refractivity contribution >= 4 is 35.0 Å². The highest BCUT2D eigenvalue weighted by molar-refractivity contribution is 6.30. The van der Waals surface area contributed by atoms with Gasteiger partial charge in [0, 0.05) is 10.7 Å². The van der Waals surface area contributed by atoms with E-state index in [2.05, 4.69) is 16.2 Å². The molecule has 0 bridgehead atoms. The van der Waals surface area contributed by atoms with Gasteiger partial charge in [-0.25, -0.2) is 0 Å². The van der Waals surface area contributed by atoms with Gasteiger partial charge in [-0.15, -0.1) is 0 Å². The highest BCUT2D eigenvalue weighted by Crippen LogP contribution is 2.13. The number of nitrogens with one attached hydrogen (secondary N) is 3. The van der Waals surface area contributed by atoms with Gasteiger partial charge in [-0.05, 0) is 43.4 Å². The van der Waals surface area contributed by atoms with Crippen LogP contribution in [-0.4, -0.2) is 42.8 Å². The van der Waals surface area contributed by atoms with E-state index in [1.165, 1.54) is 17.2 Å². The first kappa shape index (κ1) is 18.5. The normalized spacial score (nSPS) is 10.4. The summed E-state index contributed by atoms with van der Waals surface area (Å²) < 4.78 is 4.89. The molecule has 0 unspecified atom stereocenters. The van der Waals surface area contributed by atoms with E-state index >= 15 is 0 Å². The molecule has 0 aliphatic heterocycles. The van der Waals surface area contributed by atoms with Gasteiger partial charge in [0.2, 0.25) is 5.91 Å². The first-order valence-corrected chi connectivity index (χ1v) is 7.68. The summed E-state index contributed by atoms with van der Waals surface area (Å²) in [5.74, 6) is -1.24. The molecular formula is C16H17ClN4O4. The molecule has 3 amide bonds. The molecule has 1 aromatic heterocycles. The minimum absolute atomic E-state index is 0.00216. The molecule has 0 atom stereocenters. The molecule has 25 heavy (non-hydrogen) atoms. The zero-order valence-corrected chi connectivity index (χ0v) is 14.2. The summed E-state index contributed by atoms with van der Waals surface area (Å²) >= 11 is 5.77. The van der Waals surface area contributed by atoms with E-state index in [0.29, 0.717) is 10.7 Å². The first-order valence-electron chi connectivity index (χ1n) is 7.30. The lowest BCUT2D eigenvalue weighted by atomic mass is 10.3. The lowest BCUT2D eigenvalue weighted by molar-refractivity contribution is -0.123. The van der Waals surface area contributed by atoms with Crippen molar-refractivity contribution in [3.63, 3.8) is 0 Å². The topological polar surface area (TPSA) is 104 Å².